The second kappa shape index (κ2) is 4.30. The van der Waals surface area contributed by atoms with E-state index in [-0.39, 0.29) is 6.61 Å². The minimum atomic E-state index is 0.0741. The van der Waals surface area contributed by atoms with Crippen LogP contribution in [0.15, 0.2) is 30.7 Å². The average molecular weight is 206 g/mol. The largest absolute Gasteiger partial charge is 0.391 e. The van der Waals surface area contributed by atoms with Crippen molar-refractivity contribution in [3.05, 3.63) is 46.2 Å². The number of aliphatic hydroxyl groups excluding tert-OH is 1. The fraction of sp³-hybridized carbons (Fsp3) is 0.200. The maximum absolute atomic E-state index is 8.88. The highest BCUT2D eigenvalue weighted by Crippen LogP contribution is 2.15. The normalized spacial score (nSPS) is 10.4. The lowest BCUT2D eigenvalue weighted by molar-refractivity contribution is 0.285. The van der Waals surface area contributed by atoms with Crippen LogP contribution in [-0.2, 0) is 13.0 Å². The van der Waals surface area contributed by atoms with Crippen LogP contribution in [0.25, 0.3) is 0 Å². The van der Waals surface area contributed by atoms with Crippen molar-refractivity contribution in [3.8, 4) is 0 Å². The van der Waals surface area contributed by atoms with Gasteiger partial charge in [0.25, 0.3) is 0 Å². The third kappa shape index (κ3) is 2.16. The van der Waals surface area contributed by atoms with Crippen LogP contribution in [0, 0.1) is 0 Å². The molecule has 2 rings (SSSR count). The minimum Gasteiger partial charge on any atom is -0.391 e. The molecule has 14 heavy (non-hydrogen) atoms. The minimum absolute atomic E-state index is 0.0741. The third-order valence-corrected chi connectivity index (χ3v) is 2.82. The number of hydrogen-bond donors (Lipinski definition) is 1. The van der Waals surface area contributed by atoms with Crippen LogP contribution < -0.4 is 0 Å². The van der Waals surface area contributed by atoms with Crippen molar-refractivity contribution >= 4 is 11.3 Å². The predicted molar refractivity (Wildman–Crippen MR) is 55.1 cm³/mol. The number of thiazole rings is 1. The van der Waals surface area contributed by atoms with E-state index in [1.165, 1.54) is 11.3 Å². The molecule has 0 aromatic carbocycles. The summed E-state index contributed by atoms with van der Waals surface area (Å²) >= 11 is 1.54. The summed E-state index contributed by atoms with van der Waals surface area (Å²) in [7, 11) is 0. The number of hydrogen-bond acceptors (Lipinski definition) is 4. The molecule has 72 valence electrons. The maximum atomic E-state index is 8.88. The molecule has 2 aromatic heterocycles. The number of aromatic nitrogens is 2. The van der Waals surface area contributed by atoms with Gasteiger partial charge >= 0.3 is 0 Å². The van der Waals surface area contributed by atoms with Gasteiger partial charge in [0.05, 0.1) is 16.5 Å². The Hall–Kier alpha value is -1.26. The lowest BCUT2D eigenvalue weighted by Gasteiger charge is -1.94. The van der Waals surface area contributed by atoms with E-state index in [1.54, 1.807) is 12.4 Å². The van der Waals surface area contributed by atoms with Crippen LogP contribution in [0.2, 0.25) is 0 Å². The van der Waals surface area contributed by atoms with E-state index in [9.17, 15) is 0 Å². The Balaban J connectivity index is 2.11. The molecule has 0 aliphatic heterocycles. The van der Waals surface area contributed by atoms with E-state index >= 15 is 0 Å². The highest BCUT2D eigenvalue weighted by molar-refractivity contribution is 7.11. The Labute approximate surface area is 86.1 Å². The molecule has 2 heterocycles. The Kier molecular flexibility index (Phi) is 2.86. The van der Waals surface area contributed by atoms with Crippen LogP contribution in [0.5, 0.6) is 0 Å². The Bertz CT molecular complexity index is 400. The fourth-order valence-corrected chi connectivity index (χ4v) is 2.00. The van der Waals surface area contributed by atoms with Gasteiger partial charge in [-0.15, -0.1) is 11.3 Å². The predicted octanol–water partition coefficient (Wildman–Crippen LogP) is 1.62. The number of rotatable bonds is 3. The van der Waals surface area contributed by atoms with Crippen LogP contribution in [-0.4, -0.2) is 15.1 Å². The fourth-order valence-electron chi connectivity index (χ4n) is 1.18. The zero-order chi connectivity index (χ0) is 9.80. The van der Waals surface area contributed by atoms with Crippen LogP contribution >= 0.6 is 11.3 Å². The molecule has 0 spiro atoms. The van der Waals surface area contributed by atoms with Crippen LogP contribution in [0.3, 0.4) is 0 Å². The first kappa shape index (κ1) is 9.30. The van der Waals surface area contributed by atoms with Gasteiger partial charge in [-0.2, -0.15) is 0 Å². The Morgan fingerprint density at radius 2 is 2.29 bits per heavy atom. The first-order valence-corrected chi connectivity index (χ1v) is 5.13. The second-order valence-electron chi connectivity index (χ2n) is 2.92. The monoisotopic (exact) mass is 206 g/mol. The molecule has 0 saturated carbocycles. The summed E-state index contributed by atoms with van der Waals surface area (Å²) in [6.07, 6.45) is 6.10. The van der Waals surface area contributed by atoms with Crippen molar-refractivity contribution in [2.75, 3.05) is 0 Å². The molecule has 0 saturated heterocycles. The third-order valence-electron chi connectivity index (χ3n) is 1.84. The average Bonchev–Trinajstić information content (AvgIpc) is 2.67. The SMILES string of the molecule is OCc1cnc(Cc2cccnc2)s1. The molecule has 4 heteroatoms. The molecule has 0 bridgehead atoms. The molecule has 0 unspecified atom stereocenters. The quantitative estimate of drug-likeness (QED) is 0.830. The molecule has 1 N–H and O–H groups in total. The summed E-state index contributed by atoms with van der Waals surface area (Å²) in [5.41, 5.74) is 1.14. The van der Waals surface area contributed by atoms with Gasteiger partial charge in [-0.1, -0.05) is 6.07 Å². The smallest absolute Gasteiger partial charge is 0.0972 e. The van der Waals surface area contributed by atoms with Gasteiger partial charge in [0.15, 0.2) is 0 Å². The summed E-state index contributed by atoms with van der Waals surface area (Å²) in [6.45, 7) is 0.0741. The van der Waals surface area contributed by atoms with E-state index in [4.69, 9.17) is 5.11 Å². The first-order valence-electron chi connectivity index (χ1n) is 4.32. The number of aliphatic hydroxyl groups is 1. The maximum Gasteiger partial charge on any atom is 0.0972 e. The zero-order valence-electron chi connectivity index (χ0n) is 7.55. The van der Waals surface area contributed by atoms with Crippen molar-refractivity contribution < 1.29 is 5.11 Å². The van der Waals surface area contributed by atoms with Crippen molar-refractivity contribution in [1.29, 1.82) is 0 Å². The van der Waals surface area contributed by atoms with Gasteiger partial charge < -0.3 is 5.11 Å². The van der Waals surface area contributed by atoms with Gasteiger partial charge in [0.2, 0.25) is 0 Å². The van der Waals surface area contributed by atoms with Gasteiger partial charge in [-0.05, 0) is 11.6 Å². The topological polar surface area (TPSA) is 46.0 Å². The highest BCUT2D eigenvalue weighted by Gasteiger charge is 2.01. The molecule has 0 atom stereocenters. The molecule has 2 aromatic rings. The van der Waals surface area contributed by atoms with Gasteiger partial charge in [0.1, 0.15) is 0 Å². The Morgan fingerprint density at radius 1 is 1.36 bits per heavy atom. The van der Waals surface area contributed by atoms with Gasteiger partial charge in [-0.25, -0.2) is 4.98 Å². The zero-order valence-corrected chi connectivity index (χ0v) is 8.37. The van der Waals surface area contributed by atoms with Crippen molar-refractivity contribution in [2.45, 2.75) is 13.0 Å². The standard InChI is InChI=1S/C10H10N2OS/c13-7-9-6-12-10(14-9)4-8-2-1-3-11-5-8/h1-3,5-6,13H,4,7H2. The van der Waals surface area contributed by atoms with Crippen molar-refractivity contribution in [1.82, 2.24) is 9.97 Å². The van der Waals surface area contributed by atoms with Gasteiger partial charge in [0, 0.05) is 25.0 Å². The van der Waals surface area contributed by atoms with E-state index in [2.05, 4.69) is 9.97 Å². The van der Waals surface area contributed by atoms with Crippen LogP contribution in [0.4, 0.5) is 0 Å². The molecule has 0 aliphatic carbocycles. The molecular formula is C10H10N2OS. The van der Waals surface area contributed by atoms with Crippen LogP contribution in [0.1, 0.15) is 15.4 Å². The molecule has 0 aliphatic rings. The number of pyridine rings is 1. The van der Waals surface area contributed by atoms with E-state index < -0.39 is 0 Å². The van der Waals surface area contributed by atoms with E-state index in [1.807, 2.05) is 18.3 Å². The van der Waals surface area contributed by atoms with E-state index in [0.717, 1.165) is 21.9 Å². The second-order valence-corrected chi connectivity index (χ2v) is 4.12. The number of nitrogens with zero attached hydrogens (tertiary/aromatic N) is 2. The summed E-state index contributed by atoms with van der Waals surface area (Å²) in [5, 5.41) is 9.89. The van der Waals surface area contributed by atoms with Crippen molar-refractivity contribution in [2.24, 2.45) is 0 Å². The molecule has 0 radical (unpaired) electrons. The molecule has 0 amide bonds. The molecule has 0 fully saturated rings. The summed E-state index contributed by atoms with van der Waals surface area (Å²) < 4.78 is 0. The van der Waals surface area contributed by atoms with Gasteiger partial charge in [-0.3, -0.25) is 4.98 Å². The Morgan fingerprint density at radius 3 is 2.93 bits per heavy atom. The summed E-state index contributed by atoms with van der Waals surface area (Å²) in [6, 6.07) is 3.93. The van der Waals surface area contributed by atoms with E-state index in [0.29, 0.717) is 0 Å². The van der Waals surface area contributed by atoms with Crippen molar-refractivity contribution in [3.63, 3.8) is 0 Å². The summed E-state index contributed by atoms with van der Waals surface area (Å²) in [4.78, 5) is 9.15. The first-order chi connectivity index (χ1) is 6.88. The molecular weight excluding hydrogens is 196 g/mol. The summed E-state index contributed by atoms with van der Waals surface area (Å²) in [5.74, 6) is 0. The lowest BCUT2D eigenvalue weighted by atomic mass is 10.2. The lowest BCUT2D eigenvalue weighted by Crippen LogP contribution is -1.86. The highest BCUT2D eigenvalue weighted by atomic mass is 32.1. The molecule has 3 nitrogen and oxygen atoms in total.